The third-order valence-corrected chi connectivity index (χ3v) is 3.58. The second-order valence-electron chi connectivity index (χ2n) is 1.82. The maximum atomic E-state index is 5.33. The van der Waals surface area contributed by atoms with E-state index in [4.69, 9.17) is 9.47 Å². The van der Waals surface area contributed by atoms with Crippen molar-refractivity contribution in [3.05, 3.63) is 0 Å². The van der Waals surface area contributed by atoms with Crippen LogP contribution in [0.1, 0.15) is 13.8 Å². The van der Waals surface area contributed by atoms with Crippen molar-refractivity contribution in [2.75, 3.05) is 18.2 Å². The lowest BCUT2D eigenvalue weighted by Crippen LogP contribution is -2.25. The fourth-order valence-corrected chi connectivity index (χ4v) is 2.78. The average Bonchev–Trinajstić information content (AvgIpc) is 1.90. The Kier molecular flexibility index (Phi) is 8.20. The van der Waals surface area contributed by atoms with Gasteiger partial charge in [0.2, 0.25) is 0 Å². The van der Waals surface area contributed by atoms with E-state index in [1.807, 2.05) is 13.8 Å². The highest BCUT2D eigenvalue weighted by Crippen LogP contribution is 1.94. The van der Waals surface area contributed by atoms with Crippen LogP contribution in [0, 0.1) is 0 Å². The van der Waals surface area contributed by atoms with Gasteiger partial charge in [-0.25, -0.2) is 0 Å². The Morgan fingerprint density at radius 1 is 1.30 bits per heavy atom. The highest BCUT2D eigenvalue weighted by atomic mass is 79.9. The summed E-state index contributed by atoms with van der Waals surface area (Å²) in [4.78, 5) is 1.07. The molecule has 0 rings (SSSR count). The van der Waals surface area contributed by atoms with E-state index < -0.39 is 0 Å². The summed E-state index contributed by atoms with van der Waals surface area (Å²) in [5.41, 5.74) is 0. The molecule has 62 valence electrons. The monoisotopic (exact) mass is 226 g/mol. The number of ether oxygens (including phenoxy) is 2. The smallest absolute Gasteiger partial charge is 0.135 e. The molecule has 0 fully saturated rings. The van der Waals surface area contributed by atoms with Crippen LogP contribution in [0.5, 0.6) is 0 Å². The maximum absolute atomic E-state index is 5.33. The Balaban J connectivity index is 3.30. The summed E-state index contributed by atoms with van der Waals surface area (Å²) in [6.45, 7) is 5.50. The molecule has 0 radical (unpaired) electrons. The lowest BCUT2D eigenvalue weighted by Gasteiger charge is -2.14. The van der Waals surface area contributed by atoms with Crippen LogP contribution in [0.4, 0.5) is 0 Å². The Morgan fingerprint density at radius 3 is 2.10 bits per heavy atom. The van der Waals surface area contributed by atoms with Gasteiger partial charge in [0.15, 0.2) is 0 Å². The van der Waals surface area contributed by atoms with Crippen LogP contribution >= 0.6 is 15.9 Å². The molecule has 2 nitrogen and oxygen atoms in total. The molecule has 0 aliphatic heterocycles. The van der Waals surface area contributed by atoms with E-state index in [1.165, 1.54) is 0 Å². The molecule has 0 unspecified atom stereocenters. The maximum Gasteiger partial charge on any atom is 0.135 e. The summed E-state index contributed by atoms with van der Waals surface area (Å²) >= 11 is 3.39. The molecule has 0 aromatic rings. The van der Waals surface area contributed by atoms with Crippen LogP contribution in [0.3, 0.4) is 0 Å². The zero-order valence-corrected chi connectivity index (χ0v) is 9.60. The fourth-order valence-electron chi connectivity index (χ4n) is 0.676. The summed E-state index contributed by atoms with van der Waals surface area (Å²) in [6.07, 6.45) is 0. The van der Waals surface area contributed by atoms with E-state index in [0.29, 0.717) is 0 Å². The summed E-state index contributed by atoms with van der Waals surface area (Å²) in [5, 5.41) is 0. The normalized spacial score (nSPS) is 12.0. The van der Waals surface area contributed by atoms with Crippen LogP contribution in [0.2, 0.25) is 0 Å². The number of hydrogen-bond donors (Lipinski definition) is 0. The van der Waals surface area contributed by atoms with Crippen molar-refractivity contribution in [3.8, 4) is 0 Å². The molecule has 0 atom stereocenters. The van der Waals surface area contributed by atoms with Crippen molar-refractivity contribution in [1.29, 1.82) is 0 Å². The molecule has 0 amide bonds. The van der Waals surface area contributed by atoms with Gasteiger partial charge in [0.1, 0.15) is 15.4 Å². The van der Waals surface area contributed by atoms with Gasteiger partial charge in [-0.15, -0.1) is 0 Å². The topological polar surface area (TPSA) is 18.5 Å². The zero-order valence-electron chi connectivity index (χ0n) is 6.60. The first kappa shape index (κ1) is 10.6. The van der Waals surface area contributed by atoms with Crippen LogP contribution in [-0.2, 0) is 9.47 Å². The van der Waals surface area contributed by atoms with Gasteiger partial charge in [0.05, 0.1) is 0 Å². The zero-order chi connectivity index (χ0) is 7.82. The summed E-state index contributed by atoms with van der Waals surface area (Å²) in [5.74, 6) is 0.120. The molecule has 0 heterocycles. The molecule has 0 spiro atoms. The van der Waals surface area contributed by atoms with Gasteiger partial charge >= 0.3 is 0 Å². The quantitative estimate of drug-likeness (QED) is 0.381. The van der Waals surface area contributed by atoms with E-state index >= 15 is 0 Å². The third kappa shape index (κ3) is 5.41. The summed E-state index contributed by atoms with van der Waals surface area (Å²) in [7, 11) is -0.214. The molecule has 0 saturated heterocycles. The van der Waals surface area contributed by atoms with Crippen LogP contribution in [-0.4, -0.2) is 33.6 Å². The van der Waals surface area contributed by atoms with Crippen molar-refractivity contribution in [2.45, 2.75) is 19.8 Å². The van der Waals surface area contributed by atoms with Crippen LogP contribution < -0.4 is 0 Å². The fraction of sp³-hybridized carbons (Fsp3) is 1.00. The predicted molar refractivity (Wildman–Crippen MR) is 49.4 cm³/mol. The van der Waals surface area contributed by atoms with Gasteiger partial charge < -0.3 is 9.47 Å². The molecule has 0 aromatic heterocycles. The second-order valence-corrected chi connectivity index (χ2v) is 5.82. The molecule has 0 N–H and O–H groups in total. The highest BCUT2D eigenvalue weighted by Gasteiger charge is 2.05. The SMILES string of the molecule is CCOC(OCC)[SiH2]CBr. The van der Waals surface area contributed by atoms with E-state index in [9.17, 15) is 0 Å². The second kappa shape index (κ2) is 7.72. The molecular formula is C6H15BrO2Si. The largest absolute Gasteiger partial charge is 0.357 e. The van der Waals surface area contributed by atoms with E-state index in [2.05, 4.69) is 15.9 Å². The Labute approximate surface area is 73.2 Å². The Hall–Kier alpha value is 0.617. The van der Waals surface area contributed by atoms with Gasteiger partial charge in [-0.05, 0) is 18.8 Å². The first-order valence-corrected chi connectivity index (χ1v) is 6.58. The lowest BCUT2D eigenvalue weighted by atomic mass is 10.9. The van der Waals surface area contributed by atoms with Crippen molar-refractivity contribution >= 4 is 25.4 Å². The average molecular weight is 227 g/mol. The summed E-state index contributed by atoms with van der Waals surface area (Å²) < 4.78 is 10.7. The third-order valence-electron chi connectivity index (χ3n) is 1.05. The van der Waals surface area contributed by atoms with Crippen molar-refractivity contribution in [1.82, 2.24) is 0 Å². The molecule has 4 heteroatoms. The molecule has 0 aromatic carbocycles. The lowest BCUT2D eigenvalue weighted by molar-refractivity contribution is -0.0823. The van der Waals surface area contributed by atoms with E-state index in [0.717, 1.165) is 18.2 Å². The van der Waals surface area contributed by atoms with Gasteiger partial charge in [0.25, 0.3) is 0 Å². The number of alkyl halides is 1. The molecule has 0 aliphatic carbocycles. The van der Waals surface area contributed by atoms with Crippen LogP contribution in [0.25, 0.3) is 0 Å². The van der Waals surface area contributed by atoms with Crippen molar-refractivity contribution in [3.63, 3.8) is 0 Å². The van der Waals surface area contributed by atoms with Gasteiger partial charge in [-0.3, -0.25) is 0 Å². The molecule has 0 saturated carbocycles. The standard InChI is InChI=1S/C6H15BrO2Si/c1-3-8-6(9-4-2)10-5-7/h6H,3-5,10H2,1-2H3. The van der Waals surface area contributed by atoms with Crippen LogP contribution in [0.15, 0.2) is 0 Å². The molecule has 0 bridgehead atoms. The minimum Gasteiger partial charge on any atom is -0.357 e. The number of rotatable bonds is 6. The van der Waals surface area contributed by atoms with Gasteiger partial charge in [0, 0.05) is 13.2 Å². The first-order chi connectivity index (χ1) is 4.85. The summed E-state index contributed by atoms with van der Waals surface area (Å²) in [6, 6.07) is 0. The minimum absolute atomic E-state index is 0.120. The first-order valence-electron chi connectivity index (χ1n) is 3.64. The molecule has 0 aliphatic rings. The Bertz CT molecular complexity index is 58.5. The Morgan fingerprint density at radius 2 is 1.80 bits per heavy atom. The van der Waals surface area contributed by atoms with E-state index in [-0.39, 0.29) is 15.4 Å². The van der Waals surface area contributed by atoms with Gasteiger partial charge in [-0.2, -0.15) is 0 Å². The highest BCUT2D eigenvalue weighted by molar-refractivity contribution is 9.09. The van der Waals surface area contributed by atoms with Crippen molar-refractivity contribution < 1.29 is 9.47 Å². The number of halogens is 1. The molecule has 10 heavy (non-hydrogen) atoms. The van der Waals surface area contributed by atoms with Crippen molar-refractivity contribution in [2.24, 2.45) is 0 Å². The predicted octanol–water partition coefficient (Wildman–Crippen LogP) is 0.864. The van der Waals surface area contributed by atoms with Gasteiger partial charge in [-0.1, -0.05) is 15.9 Å². The minimum atomic E-state index is -0.214. The van der Waals surface area contributed by atoms with E-state index in [1.54, 1.807) is 0 Å². The number of hydrogen-bond acceptors (Lipinski definition) is 2. The molecular weight excluding hydrogens is 212 g/mol.